The Morgan fingerprint density at radius 2 is 2.15 bits per heavy atom. The average Bonchev–Trinajstić information content (AvgIpc) is 2.91. The topological polar surface area (TPSA) is 109 Å². The molecule has 1 N–H and O–H groups in total. The largest absolute Gasteiger partial charge is 0.456 e. The number of rotatable bonds is 9. The molecule has 0 aliphatic carbocycles. The third-order valence-electron chi connectivity index (χ3n) is 2.31. The van der Waals surface area contributed by atoms with Crippen molar-refractivity contribution in [2.75, 3.05) is 19.8 Å². The van der Waals surface area contributed by atoms with Crippen molar-refractivity contribution in [3.8, 4) is 0 Å². The van der Waals surface area contributed by atoms with Gasteiger partial charge in [-0.05, 0) is 31.5 Å². The number of furan rings is 1. The number of carbonyl (C=O) groups is 1. The van der Waals surface area contributed by atoms with Gasteiger partial charge in [0.1, 0.15) is 5.76 Å². The summed E-state index contributed by atoms with van der Waals surface area (Å²) < 4.78 is 15.8. The van der Waals surface area contributed by atoms with Crippen molar-refractivity contribution in [2.45, 2.75) is 26.7 Å². The minimum Gasteiger partial charge on any atom is -0.456 e. The normalized spacial score (nSPS) is 10.3. The van der Waals surface area contributed by atoms with E-state index in [-0.39, 0.29) is 24.8 Å². The van der Waals surface area contributed by atoms with Gasteiger partial charge in [0.25, 0.3) is 5.91 Å². The molecule has 0 saturated heterocycles. The monoisotopic (exact) mass is 282 g/mol. The van der Waals surface area contributed by atoms with Gasteiger partial charge in [-0.25, -0.2) is 0 Å². The van der Waals surface area contributed by atoms with Crippen LogP contribution < -0.4 is 5.32 Å². The summed E-state index contributed by atoms with van der Waals surface area (Å²) in [4.78, 5) is 14.4. The molecule has 8 nitrogen and oxygen atoms in total. The minimum atomic E-state index is -0.480. The molecule has 8 heteroatoms. The van der Waals surface area contributed by atoms with Gasteiger partial charge in [-0.2, -0.15) is 0 Å². The third-order valence-corrected chi connectivity index (χ3v) is 2.31. The quantitative estimate of drug-likeness (QED) is 0.324. The van der Waals surface area contributed by atoms with E-state index >= 15 is 0 Å². The molecule has 20 heavy (non-hydrogen) atoms. The molecule has 0 aliphatic rings. The first-order valence-corrected chi connectivity index (χ1v) is 6.32. The fraction of sp³-hybridized carbons (Fsp3) is 0.583. The van der Waals surface area contributed by atoms with E-state index in [0.717, 1.165) is 0 Å². The van der Waals surface area contributed by atoms with Crippen LogP contribution in [0.5, 0.6) is 0 Å². The molecule has 1 heterocycles. The molecular formula is C12H18N4O4. The molecule has 1 amide bonds. The van der Waals surface area contributed by atoms with Gasteiger partial charge >= 0.3 is 0 Å². The van der Waals surface area contributed by atoms with Crippen LogP contribution in [0.2, 0.25) is 0 Å². The van der Waals surface area contributed by atoms with E-state index in [2.05, 4.69) is 15.3 Å². The van der Waals surface area contributed by atoms with Gasteiger partial charge in [-0.3, -0.25) is 4.79 Å². The number of amides is 1. The van der Waals surface area contributed by atoms with Crippen molar-refractivity contribution in [3.63, 3.8) is 0 Å². The van der Waals surface area contributed by atoms with Gasteiger partial charge < -0.3 is 19.2 Å². The molecule has 0 aromatic carbocycles. The number of nitrogens with zero attached hydrogens (tertiary/aromatic N) is 3. The molecule has 1 aromatic heterocycles. The molecule has 0 saturated carbocycles. The van der Waals surface area contributed by atoms with E-state index in [9.17, 15) is 4.79 Å². The molecule has 1 rings (SSSR count). The molecule has 0 bridgehead atoms. The van der Waals surface area contributed by atoms with Gasteiger partial charge in [0.2, 0.25) is 0 Å². The van der Waals surface area contributed by atoms with Crippen LogP contribution in [0.4, 0.5) is 0 Å². The first kappa shape index (κ1) is 16.0. The zero-order valence-electron chi connectivity index (χ0n) is 11.5. The fourth-order valence-electron chi connectivity index (χ4n) is 1.49. The second-order valence-corrected chi connectivity index (χ2v) is 3.71. The summed E-state index contributed by atoms with van der Waals surface area (Å²) in [5, 5.41) is 6.00. The summed E-state index contributed by atoms with van der Waals surface area (Å²) in [6.45, 7) is 5.00. The Bertz CT molecular complexity index is 462. The van der Waals surface area contributed by atoms with Crippen LogP contribution in [0.1, 0.15) is 30.2 Å². The van der Waals surface area contributed by atoms with Gasteiger partial charge in [-0.15, -0.1) is 0 Å². The Labute approximate surface area is 116 Å². The van der Waals surface area contributed by atoms with Gasteiger partial charge in [-0.1, -0.05) is 5.11 Å². The van der Waals surface area contributed by atoms with Gasteiger partial charge in [0, 0.05) is 18.1 Å². The van der Waals surface area contributed by atoms with Crippen molar-refractivity contribution in [3.05, 3.63) is 34.1 Å². The Hall–Kier alpha value is -2.02. The summed E-state index contributed by atoms with van der Waals surface area (Å²) >= 11 is 0. The molecule has 0 atom stereocenters. The summed E-state index contributed by atoms with van der Waals surface area (Å²) in [6, 6.07) is 3.11. The lowest BCUT2D eigenvalue weighted by Crippen LogP contribution is -2.35. The average molecular weight is 282 g/mol. The zero-order chi connectivity index (χ0) is 14.8. The van der Waals surface area contributed by atoms with Crippen molar-refractivity contribution in [1.82, 2.24) is 5.32 Å². The highest BCUT2D eigenvalue weighted by Gasteiger charge is 2.14. The minimum absolute atomic E-state index is 0.0737. The fourth-order valence-corrected chi connectivity index (χ4v) is 1.49. The van der Waals surface area contributed by atoms with Crippen molar-refractivity contribution < 1.29 is 18.7 Å². The van der Waals surface area contributed by atoms with Crippen LogP contribution in [0.15, 0.2) is 21.7 Å². The Balaban J connectivity index is 2.48. The maximum absolute atomic E-state index is 11.8. The van der Waals surface area contributed by atoms with E-state index in [4.69, 9.17) is 19.4 Å². The lowest BCUT2D eigenvalue weighted by molar-refractivity contribution is -0.131. The van der Waals surface area contributed by atoms with Crippen LogP contribution in [0.25, 0.3) is 10.4 Å². The van der Waals surface area contributed by atoms with Crippen LogP contribution in [-0.4, -0.2) is 32.0 Å². The standard InChI is InChI=1S/C12H18N4O4/c1-3-18-11(19-4-2)8-14-12(17)10-6-5-9(20-10)7-15-16-13/h5-6,11H,3-4,7-8H2,1-2H3,(H,14,17). The third kappa shape index (κ3) is 5.31. The highest BCUT2D eigenvalue weighted by atomic mass is 16.7. The molecule has 0 aliphatic heterocycles. The van der Waals surface area contributed by atoms with E-state index in [0.29, 0.717) is 19.0 Å². The van der Waals surface area contributed by atoms with Crippen LogP contribution in [-0.2, 0) is 16.0 Å². The Kier molecular flexibility index (Phi) is 7.20. The number of nitrogens with one attached hydrogen (secondary N) is 1. The summed E-state index contributed by atoms with van der Waals surface area (Å²) in [5.41, 5.74) is 8.20. The zero-order valence-corrected chi connectivity index (χ0v) is 11.5. The molecule has 0 radical (unpaired) electrons. The maximum Gasteiger partial charge on any atom is 0.287 e. The van der Waals surface area contributed by atoms with Crippen LogP contribution in [0.3, 0.4) is 0 Å². The number of hydrogen-bond acceptors (Lipinski definition) is 5. The van der Waals surface area contributed by atoms with E-state index in [1.807, 2.05) is 13.8 Å². The number of ether oxygens (including phenoxy) is 2. The Morgan fingerprint density at radius 1 is 1.45 bits per heavy atom. The van der Waals surface area contributed by atoms with E-state index in [1.165, 1.54) is 6.07 Å². The summed E-state index contributed by atoms with van der Waals surface area (Å²) in [5.74, 6) is 0.209. The number of hydrogen-bond donors (Lipinski definition) is 1. The second kappa shape index (κ2) is 8.98. The second-order valence-electron chi connectivity index (χ2n) is 3.71. The molecular weight excluding hydrogens is 264 g/mol. The summed E-state index contributed by atoms with van der Waals surface area (Å²) in [6.07, 6.45) is -0.480. The molecule has 110 valence electrons. The molecule has 1 aromatic rings. The van der Waals surface area contributed by atoms with Crippen molar-refractivity contribution in [1.29, 1.82) is 0 Å². The maximum atomic E-state index is 11.8. The number of azide groups is 1. The predicted molar refractivity (Wildman–Crippen MR) is 70.9 cm³/mol. The summed E-state index contributed by atoms with van der Waals surface area (Å²) in [7, 11) is 0. The smallest absolute Gasteiger partial charge is 0.287 e. The van der Waals surface area contributed by atoms with Crippen molar-refractivity contribution in [2.24, 2.45) is 5.11 Å². The molecule has 0 spiro atoms. The SMILES string of the molecule is CCOC(CNC(=O)c1ccc(CN=[N+]=[N-])o1)OCC. The van der Waals surface area contributed by atoms with E-state index in [1.54, 1.807) is 6.07 Å². The highest BCUT2D eigenvalue weighted by Crippen LogP contribution is 2.09. The molecule has 0 fully saturated rings. The lowest BCUT2D eigenvalue weighted by atomic mass is 10.4. The first-order valence-electron chi connectivity index (χ1n) is 6.32. The van der Waals surface area contributed by atoms with Crippen molar-refractivity contribution >= 4 is 5.91 Å². The van der Waals surface area contributed by atoms with Crippen LogP contribution >= 0.6 is 0 Å². The Morgan fingerprint density at radius 3 is 2.75 bits per heavy atom. The van der Waals surface area contributed by atoms with Gasteiger partial charge in [0.05, 0.1) is 13.1 Å². The molecule has 0 unspecified atom stereocenters. The van der Waals surface area contributed by atoms with Gasteiger partial charge in [0.15, 0.2) is 12.1 Å². The van der Waals surface area contributed by atoms with E-state index < -0.39 is 6.29 Å². The van der Waals surface area contributed by atoms with Crippen LogP contribution in [0, 0.1) is 0 Å². The lowest BCUT2D eigenvalue weighted by Gasteiger charge is -2.16. The predicted octanol–water partition coefficient (Wildman–Crippen LogP) is 2.22. The number of carbonyl (C=O) groups excluding carboxylic acids is 1. The highest BCUT2D eigenvalue weighted by molar-refractivity contribution is 5.91. The first-order chi connectivity index (χ1) is 9.71.